The average molecular weight is 1310 g/mol. The lowest BCUT2D eigenvalue weighted by molar-refractivity contribution is -0.146. The number of hydrogen-bond donors (Lipinski definition) is 23. The number of aromatic amines is 1. The summed E-state index contributed by atoms with van der Waals surface area (Å²) in [5.41, 5.74) is 16.4. The van der Waals surface area contributed by atoms with Gasteiger partial charge in [-0.1, -0.05) is 34.1 Å². The molecule has 26 N–H and O–H groups in total. The van der Waals surface area contributed by atoms with Crippen molar-refractivity contribution in [3.8, 4) is 0 Å². The minimum atomic E-state index is -1.81. The monoisotopic (exact) mass is 1310 g/mol. The maximum absolute atomic E-state index is 14.2. The number of aliphatic hydroxyl groups excluding tert-OH is 3. The van der Waals surface area contributed by atoms with Crippen LogP contribution < -0.4 is 81.0 Å². The predicted molar refractivity (Wildman–Crippen MR) is 324 cm³/mol. The van der Waals surface area contributed by atoms with Crippen molar-refractivity contribution in [2.75, 3.05) is 39.4 Å². The summed E-state index contributed by atoms with van der Waals surface area (Å²) in [4.78, 5) is 181. The van der Waals surface area contributed by atoms with E-state index in [9.17, 15) is 87.9 Å². The van der Waals surface area contributed by atoms with Crippen LogP contribution in [-0.4, -0.2) is 241 Å². The number of aliphatic hydroxyl groups is 3. The molecule has 0 aromatic carbocycles. The summed E-state index contributed by atoms with van der Waals surface area (Å²) in [6.07, 6.45) is 0.415. The summed E-state index contributed by atoms with van der Waals surface area (Å²) in [7, 11) is 0. The molecule has 0 aliphatic carbocycles. The standard InChI is InChI=1S/C54H92N20O18/c1-7-26(4)40(50(89)67-32(52(91)92)12-9-15-62-54(58)59)72-38(78)21-63-49(88)41(28(6)77)73-46(85)33(17-25(2)3)68-45(84)34(18-29-20-60-24-64-29)69-47(86)36(23-76)71-42(81)27(5)65-44(83)31(11-8-14-61-53(56)57)66-48(87)37-13-10-16-74(37)51(90)35(19-39(79)80)70-43(82)30(55)22-75/h20,24-28,30-37,40-41,75-77H,7-19,21-23,55H2,1-6H3,(H,60,64)(H,63,88)(H,65,83)(H,66,87)(H,67,89)(H,68,84)(H,69,86)(H,70,82)(H,71,81)(H,72,78)(H,73,85)(H,79,80)(H,91,92)(H4,56,57,61)(H4,58,59,62)/t26-,27-,28+,30-,31-,32-,33-,34-,35-,36-,37-,40-,41-/m0/s1. The van der Waals surface area contributed by atoms with Gasteiger partial charge in [0.1, 0.15) is 66.5 Å². The number of nitrogens with one attached hydrogen (secondary N) is 15. The number of aliphatic carboxylic acids is 2. The molecule has 1 aromatic rings. The molecule has 0 unspecified atom stereocenters. The number of amides is 11. The first-order valence-electron chi connectivity index (χ1n) is 29.8. The summed E-state index contributed by atoms with van der Waals surface area (Å²) in [5, 5.41) is 93.3. The molecular formula is C54H92N20O18. The minimum absolute atomic E-state index is 0.0362. The van der Waals surface area contributed by atoms with E-state index in [0.717, 1.165) is 11.8 Å². The number of nitrogens with zero attached hydrogens (tertiary/aromatic N) is 2. The highest BCUT2D eigenvalue weighted by Gasteiger charge is 2.41. The fraction of sp³-hybridized carbons (Fsp3) is 0.667. The Hall–Kier alpha value is -9.30. The lowest BCUT2D eigenvalue weighted by Gasteiger charge is -2.30. The molecule has 516 valence electrons. The molecule has 1 aromatic heterocycles. The number of carbonyl (C=O) groups excluding carboxylic acids is 11. The van der Waals surface area contributed by atoms with Gasteiger partial charge in [0.2, 0.25) is 65.0 Å². The van der Waals surface area contributed by atoms with Gasteiger partial charge < -0.3 is 116 Å². The number of carbonyl (C=O) groups is 13. The van der Waals surface area contributed by atoms with Crippen LogP contribution in [0.5, 0.6) is 0 Å². The van der Waals surface area contributed by atoms with Gasteiger partial charge in [0.25, 0.3) is 0 Å². The number of carboxylic acids is 2. The summed E-state index contributed by atoms with van der Waals surface area (Å²) >= 11 is 0. The van der Waals surface area contributed by atoms with Crippen LogP contribution in [0.4, 0.5) is 0 Å². The zero-order chi connectivity index (χ0) is 69.5. The lowest BCUT2D eigenvalue weighted by atomic mass is 9.97. The number of nitrogens with two attached hydrogens (primary N) is 3. The molecule has 92 heavy (non-hydrogen) atoms. The number of rotatable bonds is 41. The first-order chi connectivity index (χ1) is 43.2. The Morgan fingerprint density at radius 3 is 1.74 bits per heavy atom. The van der Waals surface area contributed by atoms with E-state index in [4.69, 9.17) is 28.0 Å². The molecule has 0 radical (unpaired) electrons. The average Bonchev–Trinajstić information content (AvgIpc) is 1.74. The Morgan fingerprint density at radius 2 is 1.21 bits per heavy atom. The van der Waals surface area contributed by atoms with Gasteiger partial charge in [-0.05, 0) is 70.6 Å². The molecule has 38 nitrogen and oxygen atoms in total. The molecule has 1 aliphatic rings. The van der Waals surface area contributed by atoms with Crippen LogP contribution in [0.15, 0.2) is 12.5 Å². The summed E-state index contributed by atoms with van der Waals surface area (Å²) in [5.74, 6) is -15.3. The van der Waals surface area contributed by atoms with E-state index in [2.05, 4.69) is 73.8 Å². The third-order valence-corrected chi connectivity index (χ3v) is 14.4. The van der Waals surface area contributed by atoms with Crippen LogP contribution in [0.3, 0.4) is 0 Å². The molecule has 11 amide bonds. The number of H-pyrrole nitrogens is 1. The number of aromatic nitrogens is 2. The van der Waals surface area contributed by atoms with Crippen molar-refractivity contribution >= 4 is 88.8 Å². The van der Waals surface area contributed by atoms with Gasteiger partial charge in [0.05, 0.1) is 44.3 Å². The fourth-order valence-corrected chi connectivity index (χ4v) is 9.16. The van der Waals surface area contributed by atoms with Crippen molar-refractivity contribution in [1.82, 2.24) is 78.7 Å². The second kappa shape index (κ2) is 39.7. The number of hydrogen-bond acceptors (Lipinski definition) is 20. The van der Waals surface area contributed by atoms with Crippen molar-refractivity contribution in [1.29, 1.82) is 10.8 Å². The van der Waals surface area contributed by atoms with Crippen LogP contribution in [0.25, 0.3) is 0 Å². The van der Waals surface area contributed by atoms with Crippen LogP contribution in [-0.2, 0) is 68.7 Å². The van der Waals surface area contributed by atoms with Crippen LogP contribution in [0.2, 0.25) is 0 Å². The minimum Gasteiger partial charge on any atom is -0.481 e. The molecule has 1 fully saturated rings. The van der Waals surface area contributed by atoms with Gasteiger partial charge in [-0.15, -0.1) is 0 Å². The van der Waals surface area contributed by atoms with Crippen molar-refractivity contribution in [2.45, 2.75) is 178 Å². The summed E-state index contributed by atoms with van der Waals surface area (Å²) in [6.45, 7) is 6.52. The van der Waals surface area contributed by atoms with Gasteiger partial charge >= 0.3 is 11.9 Å². The van der Waals surface area contributed by atoms with E-state index in [1.165, 1.54) is 19.4 Å². The summed E-state index contributed by atoms with van der Waals surface area (Å²) < 4.78 is 0. The first kappa shape index (κ1) is 78.8. The maximum Gasteiger partial charge on any atom is 0.326 e. The van der Waals surface area contributed by atoms with Crippen LogP contribution in [0, 0.1) is 22.7 Å². The van der Waals surface area contributed by atoms with E-state index in [1.807, 2.05) is 0 Å². The highest BCUT2D eigenvalue weighted by atomic mass is 16.4. The number of imidazole rings is 1. The largest absolute Gasteiger partial charge is 0.481 e. The number of carboxylic acid groups (broad SMARTS) is 2. The van der Waals surface area contributed by atoms with Gasteiger partial charge in [-0.2, -0.15) is 0 Å². The second-order valence-corrected chi connectivity index (χ2v) is 22.4. The molecule has 1 saturated heterocycles. The Labute approximate surface area is 529 Å². The Bertz CT molecular complexity index is 2720. The molecule has 0 bridgehead atoms. The van der Waals surface area contributed by atoms with Crippen LogP contribution >= 0.6 is 0 Å². The summed E-state index contributed by atoms with van der Waals surface area (Å²) in [6, 6.07) is -16.7. The van der Waals surface area contributed by atoms with E-state index >= 15 is 0 Å². The normalized spacial score (nSPS) is 16.6. The third kappa shape index (κ3) is 27.4. The van der Waals surface area contributed by atoms with Gasteiger partial charge in [-0.25, -0.2) is 9.78 Å². The Morgan fingerprint density at radius 1 is 0.652 bits per heavy atom. The molecule has 2 rings (SSSR count). The zero-order valence-corrected chi connectivity index (χ0v) is 52.2. The lowest BCUT2D eigenvalue weighted by Crippen LogP contribution is -2.61. The quantitative estimate of drug-likeness (QED) is 0.0164. The highest BCUT2D eigenvalue weighted by Crippen LogP contribution is 2.20. The van der Waals surface area contributed by atoms with Crippen molar-refractivity contribution in [2.24, 2.45) is 29.0 Å². The Balaban J connectivity index is 2.27. The zero-order valence-electron chi connectivity index (χ0n) is 52.2. The van der Waals surface area contributed by atoms with Crippen molar-refractivity contribution in [3.63, 3.8) is 0 Å². The van der Waals surface area contributed by atoms with E-state index in [0.29, 0.717) is 6.42 Å². The molecule has 38 heteroatoms. The highest BCUT2D eigenvalue weighted by molar-refractivity contribution is 5.99. The Kier molecular flexibility index (Phi) is 34.0. The maximum atomic E-state index is 14.2. The molecule has 1 aliphatic heterocycles. The van der Waals surface area contributed by atoms with Gasteiger partial charge in [0, 0.05) is 32.3 Å². The number of guanidine groups is 2. The van der Waals surface area contributed by atoms with Crippen molar-refractivity contribution in [3.05, 3.63) is 18.2 Å². The predicted octanol–water partition coefficient (Wildman–Crippen LogP) is -8.69. The topological polar surface area (TPSA) is 625 Å². The molecule has 2 heterocycles. The number of likely N-dealkylation sites (tertiary alicyclic amines) is 1. The van der Waals surface area contributed by atoms with E-state index in [1.54, 1.807) is 27.7 Å². The fourth-order valence-electron chi connectivity index (χ4n) is 9.16. The molecule has 0 saturated carbocycles. The van der Waals surface area contributed by atoms with Gasteiger partial charge in [0.15, 0.2) is 11.9 Å². The molecular weight excluding hydrogens is 1220 g/mol. The third-order valence-electron chi connectivity index (χ3n) is 14.4. The smallest absolute Gasteiger partial charge is 0.326 e. The van der Waals surface area contributed by atoms with E-state index in [-0.39, 0.29) is 88.6 Å². The first-order valence-corrected chi connectivity index (χ1v) is 29.8. The molecule has 0 spiro atoms. The molecule has 13 atom stereocenters. The SMILES string of the molecule is CC[C@H](C)[C@H](NC(=O)CNC(=O)[C@@H](NC(=O)[C@H](CC(C)C)NC(=O)[C@H](Cc1c[nH]cn1)NC(=O)[C@H](CO)NC(=O)[C@H](C)NC(=O)[C@H](CCCNC(=N)N)NC(=O)[C@@H]1CCCN1C(=O)[C@H](CC(=O)O)NC(=O)[C@@H](N)CO)[C@@H](C)O)C(=O)N[C@@H](CCCNC(=N)N)C(=O)O. The van der Waals surface area contributed by atoms with Crippen molar-refractivity contribution < 1.29 is 87.9 Å². The van der Waals surface area contributed by atoms with E-state index < -0.39 is 188 Å². The van der Waals surface area contributed by atoms with Gasteiger partial charge in [-0.3, -0.25) is 68.4 Å². The second-order valence-electron chi connectivity index (χ2n) is 22.4. The van der Waals surface area contributed by atoms with Crippen LogP contribution in [0.1, 0.15) is 105 Å².